The average Bonchev–Trinajstić information content (AvgIpc) is 3.39. The first-order chi connectivity index (χ1) is 21.9. The number of hydrogen-bond acceptors (Lipinski definition) is 4. The van der Waals surface area contributed by atoms with Gasteiger partial charge in [-0.05, 0) is 102 Å². The zero-order valence-electron chi connectivity index (χ0n) is 26.1. The number of ether oxygens (including phenoxy) is 1. The van der Waals surface area contributed by atoms with E-state index < -0.39 is 10.3 Å². The average molecular weight is 622 g/mol. The molecule has 6 heteroatoms. The molecular weight excluding hydrogens is 578 g/mol. The van der Waals surface area contributed by atoms with E-state index in [-0.39, 0.29) is 24.6 Å². The van der Waals surface area contributed by atoms with Crippen molar-refractivity contribution in [2.24, 2.45) is 17.3 Å². The van der Waals surface area contributed by atoms with E-state index in [1.165, 1.54) is 21.0 Å². The predicted molar refractivity (Wildman–Crippen MR) is 178 cm³/mol. The highest BCUT2D eigenvalue weighted by Gasteiger charge is 2.56. The molecule has 3 aliphatic carbocycles. The third-order valence-corrected chi connectivity index (χ3v) is 12.2. The van der Waals surface area contributed by atoms with Crippen molar-refractivity contribution in [2.45, 2.75) is 77.2 Å². The molecule has 0 N–H and O–H groups in total. The van der Waals surface area contributed by atoms with E-state index in [2.05, 4.69) is 37.3 Å². The first kappa shape index (κ1) is 30.2. The second-order valence-corrected chi connectivity index (χ2v) is 15.0. The monoisotopic (exact) mass is 621 g/mol. The number of aryl methyl sites for hydroxylation is 1. The van der Waals surface area contributed by atoms with Gasteiger partial charge in [0.15, 0.2) is 0 Å². The van der Waals surface area contributed by atoms with Crippen LogP contribution in [0, 0.1) is 17.3 Å². The maximum absolute atomic E-state index is 14.0. The lowest BCUT2D eigenvalue weighted by atomic mass is 9.55. The number of hydrogen-bond donors (Lipinski definition) is 0. The van der Waals surface area contributed by atoms with Gasteiger partial charge in [0.25, 0.3) is 0 Å². The number of nitrogens with zero attached hydrogens (tertiary/aromatic N) is 1. The molecule has 2 fully saturated rings. The van der Waals surface area contributed by atoms with Crippen LogP contribution >= 0.6 is 0 Å². The highest BCUT2D eigenvalue weighted by Crippen LogP contribution is 2.62. The van der Waals surface area contributed by atoms with Gasteiger partial charge in [0, 0.05) is 13.1 Å². The Bertz CT molecular complexity index is 1650. The molecule has 5 unspecified atom stereocenters. The van der Waals surface area contributed by atoms with Crippen molar-refractivity contribution < 1.29 is 17.3 Å². The van der Waals surface area contributed by atoms with Crippen LogP contribution in [0.3, 0.4) is 0 Å². The van der Waals surface area contributed by atoms with Gasteiger partial charge in [-0.25, -0.2) is 0 Å². The Morgan fingerprint density at radius 1 is 0.756 bits per heavy atom. The summed E-state index contributed by atoms with van der Waals surface area (Å²) in [5.74, 6) is 2.45. The summed E-state index contributed by atoms with van der Waals surface area (Å²) in [5.41, 5.74) is 5.79. The first-order valence-electron chi connectivity index (χ1n) is 16.4. The van der Waals surface area contributed by atoms with Crippen LogP contribution in [0.1, 0.15) is 72.8 Å². The number of benzene rings is 4. The minimum Gasteiger partial charge on any atom is -0.489 e. The molecule has 0 aliphatic heterocycles. The van der Waals surface area contributed by atoms with Gasteiger partial charge in [0.1, 0.15) is 12.4 Å². The summed E-state index contributed by atoms with van der Waals surface area (Å²) < 4.78 is 42.0. The van der Waals surface area contributed by atoms with E-state index in [1.807, 2.05) is 78.9 Å². The molecule has 3 aliphatic rings. The lowest BCUT2D eigenvalue weighted by Crippen LogP contribution is -2.46. The van der Waals surface area contributed by atoms with Crippen molar-refractivity contribution in [1.29, 1.82) is 0 Å². The van der Waals surface area contributed by atoms with Crippen LogP contribution < -0.4 is 4.74 Å². The van der Waals surface area contributed by atoms with E-state index in [0.29, 0.717) is 24.4 Å². The zero-order valence-corrected chi connectivity index (χ0v) is 26.9. The molecule has 234 valence electrons. The minimum atomic E-state index is -3.98. The summed E-state index contributed by atoms with van der Waals surface area (Å²) in [6.45, 7) is 3.44. The SMILES string of the molecule is CC12CCC3c4ccc(OCc5ccccc5)cc4CCC3C1CCC2OS(=O)(=O)N(Cc1ccccc1)Cc1ccccc1. The van der Waals surface area contributed by atoms with Gasteiger partial charge < -0.3 is 4.74 Å². The molecular formula is C39H43NO4S. The predicted octanol–water partition coefficient (Wildman–Crippen LogP) is 8.45. The summed E-state index contributed by atoms with van der Waals surface area (Å²) in [4.78, 5) is 0. The summed E-state index contributed by atoms with van der Waals surface area (Å²) >= 11 is 0. The normalized spacial score (nSPS) is 25.7. The van der Waals surface area contributed by atoms with Crippen molar-refractivity contribution in [2.75, 3.05) is 0 Å². The third kappa shape index (κ3) is 6.33. The van der Waals surface area contributed by atoms with Gasteiger partial charge in [0.2, 0.25) is 0 Å². The second kappa shape index (κ2) is 12.7. The van der Waals surface area contributed by atoms with Crippen LogP contribution in [-0.4, -0.2) is 18.8 Å². The van der Waals surface area contributed by atoms with E-state index in [4.69, 9.17) is 8.92 Å². The van der Waals surface area contributed by atoms with Gasteiger partial charge in [-0.1, -0.05) is 104 Å². The zero-order chi connectivity index (χ0) is 30.9. The van der Waals surface area contributed by atoms with Crippen LogP contribution in [0.15, 0.2) is 109 Å². The van der Waals surface area contributed by atoms with E-state index in [0.717, 1.165) is 55.4 Å². The van der Waals surface area contributed by atoms with E-state index in [1.54, 1.807) is 0 Å². The smallest absolute Gasteiger partial charge is 0.339 e. The fraction of sp³-hybridized carbons (Fsp3) is 0.385. The molecule has 2 saturated carbocycles. The molecule has 0 radical (unpaired) electrons. The fourth-order valence-corrected chi connectivity index (χ4v) is 9.84. The van der Waals surface area contributed by atoms with Gasteiger partial charge >= 0.3 is 10.3 Å². The molecule has 7 rings (SSSR count). The molecule has 0 amide bonds. The van der Waals surface area contributed by atoms with Crippen molar-refractivity contribution in [1.82, 2.24) is 4.31 Å². The number of rotatable bonds is 10. The maximum atomic E-state index is 14.0. The van der Waals surface area contributed by atoms with Crippen molar-refractivity contribution in [3.63, 3.8) is 0 Å². The Labute approximate surface area is 268 Å². The van der Waals surface area contributed by atoms with Crippen LogP contribution in [0.25, 0.3) is 0 Å². The van der Waals surface area contributed by atoms with Crippen molar-refractivity contribution in [3.05, 3.63) is 137 Å². The molecule has 0 heterocycles. The fourth-order valence-electron chi connectivity index (χ4n) is 8.50. The van der Waals surface area contributed by atoms with Crippen LogP contribution in [-0.2, 0) is 40.6 Å². The van der Waals surface area contributed by atoms with Gasteiger partial charge in [-0.2, -0.15) is 12.7 Å². The Morgan fingerprint density at radius 2 is 1.38 bits per heavy atom. The topological polar surface area (TPSA) is 55.8 Å². The molecule has 0 aromatic heterocycles. The van der Waals surface area contributed by atoms with Gasteiger partial charge in [-0.15, -0.1) is 0 Å². The van der Waals surface area contributed by atoms with E-state index in [9.17, 15) is 8.42 Å². The summed E-state index contributed by atoms with van der Waals surface area (Å²) in [7, 11) is -3.98. The van der Waals surface area contributed by atoms with Crippen LogP contribution in [0.2, 0.25) is 0 Å². The maximum Gasteiger partial charge on any atom is 0.339 e. The van der Waals surface area contributed by atoms with Crippen LogP contribution in [0.4, 0.5) is 0 Å². The molecule has 5 nitrogen and oxygen atoms in total. The molecule has 5 atom stereocenters. The largest absolute Gasteiger partial charge is 0.489 e. The molecule has 45 heavy (non-hydrogen) atoms. The van der Waals surface area contributed by atoms with Crippen molar-refractivity contribution >= 4 is 10.3 Å². The second-order valence-electron chi connectivity index (χ2n) is 13.5. The molecule has 4 aromatic carbocycles. The quantitative estimate of drug-likeness (QED) is 0.178. The lowest BCUT2D eigenvalue weighted by Gasteiger charge is -2.50. The first-order valence-corrected chi connectivity index (χ1v) is 17.8. The third-order valence-electron chi connectivity index (χ3n) is 10.8. The molecule has 4 aromatic rings. The Morgan fingerprint density at radius 3 is 2.02 bits per heavy atom. The Kier molecular flexibility index (Phi) is 8.56. The Hall–Kier alpha value is -3.45. The molecule has 0 saturated heterocycles. The standard InChI is InChI=1S/C39H43NO4S/c1-39-24-23-35-34-20-18-33(43-28-31-15-9-4-10-16-31)25-32(34)17-19-36(35)37(39)21-22-38(39)44-45(41,42)40(26-29-11-5-2-6-12-29)27-30-13-7-3-8-14-30/h2-16,18,20,25,35-38H,17,19,21-24,26-28H2,1H3. The molecule has 0 spiro atoms. The van der Waals surface area contributed by atoms with Crippen LogP contribution in [0.5, 0.6) is 5.75 Å². The summed E-state index contributed by atoms with van der Waals surface area (Å²) in [6.07, 6.45) is 5.70. The van der Waals surface area contributed by atoms with E-state index >= 15 is 0 Å². The minimum absolute atomic E-state index is 0.157. The highest BCUT2D eigenvalue weighted by molar-refractivity contribution is 7.84. The Balaban J connectivity index is 1.06. The summed E-state index contributed by atoms with van der Waals surface area (Å²) in [6, 6.07) is 36.6. The number of fused-ring (bicyclic) bond motifs is 5. The highest BCUT2D eigenvalue weighted by atomic mass is 32.2. The molecule has 0 bridgehead atoms. The lowest BCUT2D eigenvalue weighted by molar-refractivity contribution is -0.0114. The van der Waals surface area contributed by atoms with Gasteiger partial charge in [0.05, 0.1) is 6.10 Å². The summed E-state index contributed by atoms with van der Waals surface area (Å²) in [5, 5.41) is 0. The van der Waals surface area contributed by atoms with Gasteiger partial charge in [-0.3, -0.25) is 4.18 Å². The van der Waals surface area contributed by atoms with Crippen molar-refractivity contribution in [3.8, 4) is 5.75 Å².